The summed E-state index contributed by atoms with van der Waals surface area (Å²) < 4.78 is 5.04. The topological polar surface area (TPSA) is 150 Å². The number of carbonyl (C=O) groups excluding carboxylic acids is 2. The molecule has 0 saturated heterocycles. The number of aliphatic carboxylic acids is 1. The lowest BCUT2D eigenvalue weighted by Crippen LogP contribution is -2.33. The quantitative estimate of drug-likeness (QED) is 0.504. The number of aromatic amines is 1. The van der Waals surface area contributed by atoms with Crippen LogP contribution in [-0.4, -0.2) is 46.5 Å². The van der Waals surface area contributed by atoms with Crippen molar-refractivity contribution in [3.63, 3.8) is 0 Å². The van der Waals surface area contributed by atoms with Gasteiger partial charge in [-0.1, -0.05) is 12.1 Å². The maximum Gasteiger partial charge on any atom is 0.305 e. The van der Waals surface area contributed by atoms with Crippen LogP contribution in [0.2, 0.25) is 0 Å². The summed E-state index contributed by atoms with van der Waals surface area (Å²) in [6, 6.07) is 7.03. The number of H-pyrrole nitrogens is 1. The van der Waals surface area contributed by atoms with Gasteiger partial charge in [0, 0.05) is 19.3 Å². The number of hydrogen-bond acceptors (Lipinski definition) is 6. The van der Waals surface area contributed by atoms with Crippen molar-refractivity contribution < 1.29 is 24.2 Å². The molecule has 2 rings (SSSR count). The third kappa shape index (κ3) is 5.66. The molecule has 0 saturated carbocycles. The van der Waals surface area contributed by atoms with Gasteiger partial charge in [0.25, 0.3) is 17.4 Å². The van der Waals surface area contributed by atoms with Crippen LogP contribution < -0.4 is 20.9 Å². The molecular weight excluding hydrogens is 356 g/mol. The first-order valence-electron chi connectivity index (χ1n) is 7.91. The first-order valence-corrected chi connectivity index (χ1v) is 7.91. The molecule has 142 valence electrons. The van der Waals surface area contributed by atoms with Crippen LogP contribution in [0.4, 0.5) is 0 Å². The third-order valence-corrected chi connectivity index (χ3v) is 3.50. The molecule has 0 bridgehead atoms. The molecule has 0 aliphatic carbocycles. The molecule has 1 aromatic carbocycles. The standard InChI is InChI=1S/C17H18N4O6/c1-27-11-4-2-10(3-5-11)8-20-15(24)12-9-19-14(21-16(12)25)17(26)18-7-6-13(22)23/h2-5,9H,6-8H2,1H3,(H,18,26)(H,20,24)(H,22,23)(H,19,21,25). The van der Waals surface area contributed by atoms with Crippen LogP contribution in [0.5, 0.6) is 5.75 Å². The molecule has 2 amide bonds. The van der Waals surface area contributed by atoms with Crippen LogP contribution >= 0.6 is 0 Å². The van der Waals surface area contributed by atoms with Crippen LogP contribution in [0.3, 0.4) is 0 Å². The minimum Gasteiger partial charge on any atom is -0.497 e. The maximum atomic E-state index is 12.1. The molecule has 0 spiro atoms. The van der Waals surface area contributed by atoms with Gasteiger partial charge in [-0.05, 0) is 17.7 Å². The van der Waals surface area contributed by atoms with Gasteiger partial charge >= 0.3 is 5.97 Å². The molecule has 0 atom stereocenters. The Kier molecular flexibility index (Phi) is 6.64. The highest BCUT2D eigenvalue weighted by Gasteiger charge is 2.15. The van der Waals surface area contributed by atoms with Gasteiger partial charge in [-0.15, -0.1) is 0 Å². The normalized spacial score (nSPS) is 10.1. The van der Waals surface area contributed by atoms with E-state index < -0.39 is 23.3 Å². The van der Waals surface area contributed by atoms with Gasteiger partial charge in [-0.2, -0.15) is 0 Å². The van der Waals surface area contributed by atoms with Crippen molar-refractivity contribution in [3.05, 3.63) is 57.8 Å². The minimum atomic E-state index is -1.07. The van der Waals surface area contributed by atoms with Crippen molar-refractivity contribution in [2.24, 2.45) is 0 Å². The van der Waals surface area contributed by atoms with Crippen LogP contribution in [0.15, 0.2) is 35.3 Å². The number of aromatic nitrogens is 2. The molecule has 0 aliphatic rings. The number of hydrogen-bond donors (Lipinski definition) is 4. The number of nitrogens with zero attached hydrogens (tertiary/aromatic N) is 1. The Morgan fingerprint density at radius 2 is 1.85 bits per heavy atom. The fourth-order valence-corrected chi connectivity index (χ4v) is 2.06. The van der Waals surface area contributed by atoms with E-state index in [2.05, 4.69) is 20.6 Å². The summed E-state index contributed by atoms with van der Waals surface area (Å²) in [5.41, 5.74) is -0.214. The van der Waals surface area contributed by atoms with Crippen molar-refractivity contribution >= 4 is 17.8 Å². The number of amides is 2. The second-order valence-corrected chi connectivity index (χ2v) is 5.40. The molecule has 4 N–H and O–H groups in total. The molecule has 0 radical (unpaired) electrons. The van der Waals surface area contributed by atoms with Crippen molar-refractivity contribution in [2.45, 2.75) is 13.0 Å². The summed E-state index contributed by atoms with van der Waals surface area (Å²) in [4.78, 5) is 52.3. The molecule has 10 nitrogen and oxygen atoms in total. The van der Waals surface area contributed by atoms with Gasteiger partial charge in [0.1, 0.15) is 11.3 Å². The number of ether oxygens (including phenoxy) is 1. The van der Waals surface area contributed by atoms with Crippen LogP contribution in [0.1, 0.15) is 33.0 Å². The van der Waals surface area contributed by atoms with E-state index in [1.54, 1.807) is 31.4 Å². The van der Waals surface area contributed by atoms with Crippen molar-refractivity contribution in [3.8, 4) is 5.75 Å². The monoisotopic (exact) mass is 374 g/mol. The molecule has 2 aromatic rings. The first-order chi connectivity index (χ1) is 12.9. The highest BCUT2D eigenvalue weighted by molar-refractivity contribution is 5.94. The van der Waals surface area contributed by atoms with Crippen LogP contribution in [0.25, 0.3) is 0 Å². The second kappa shape index (κ2) is 9.13. The van der Waals surface area contributed by atoms with E-state index in [1.807, 2.05) is 0 Å². The number of carbonyl (C=O) groups is 3. The van der Waals surface area contributed by atoms with Gasteiger partial charge in [0.15, 0.2) is 5.82 Å². The number of carboxylic acid groups (broad SMARTS) is 1. The van der Waals surface area contributed by atoms with E-state index in [0.29, 0.717) is 5.75 Å². The lowest BCUT2D eigenvalue weighted by atomic mass is 10.2. The van der Waals surface area contributed by atoms with Crippen LogP contribution in [-0.2, 0) is 11.3 Å². The molecule has 1 heterocycles. The molecule has 1 aromatic heterocycles. The number of rotatable bonds is 8. The number of nitrogens with one attached hydrogen (secondary N) is 3. The average molecular weight is 374 g/mol. The third-order valence-electron chi connectivity index (χ3n) is 3.50. The molecule has 10 heteroatoms. The largest absolute Gasteiger partial charge is 0.497 e. The zero-order valence-corrected chi connectivity index (χ0v) is 14.4. The van der Waals surface area contributed by atoms with Gasteiger partial charge in [-0.3, -0.25) is 19.2 Å². The Morgan fingerprint density at radius 1 is 1.15 bits per heavy atom. The van der Waals surface area contributed by atoms with Crippen molar-refractivity contribution in [1.29, 1.82) is 0 Å². The van der Waals surface area contributed by atoms with E-state index in [1.165, 1.54) is 0 Å². The Labute approximate surface area is 153 Å². The highest BCUT2D eigenvalue weighted by atomic mass is 16.5. The fourth-order valence-electron chi connectivity index (χ4n) is 2.06. The van der Waals surface area contributed by atoms with Gasteiger partial charge in [0.05, 0.1) is 13.5 Å². The van der Waals surface area contributed by atoms with Crippen LogP contribution in [0, 0.1) is 0 Å². The summed E-state index contributed by atoms with van der Waals surface area (Å²) in [5.74, 6) is -2.07. The molecule has 27 heavy (non-hydrogen) atoms. The number of carboxylic acids is 1. The molecule has 0 unspecified atom stereocenters. The summed E-state index contributed by atoms with van der Waals surface area (Å²) in [5, 5.41) is 13.4. The van der Waals surface area contributed by atoms with E-state index in [4.69, 9.17) is 9.84 Å². The van der Waals surface area contributed by atoms with E-state index >= 15 is 0 Å². The van der Waals surface area contributed by atoms with Crippen molar-refractivity contribution in [1.82, 2.24) is 20.6 Å². The fraction of sp³-hybridized carbons (Fsp3) is 0.235. The first kappa shape index (κ1) is 19.6. The summed E-state index contributed by atoms with van der Waals surface area (Å²) in [7, 11) is 1.55. The Balaban J connectivity index is 1.97. The van der Waals surface area contributed by atoms with E-state index in [9.17, 15) is 19.2 Å². The Hall–Kier alpha value is -3.69. The van der Waals surface area contributed by atoms with Crippen molar-refractivity contribution in [2.75, 3.05) is 13.7 Å². The molecular formula is C17H18N4O6. The van der Waals surface area contributed by atoms with E-state index in [0.717, 1.165) is 11.8 Å². The van der Waals surface area contributed by atoms with Gasteiger partial charge in [-0.25, -0.2) is 4.98 Å². The maximum absolute atomic E-state index is 12.1. The van der Waals surface area contributed by atoms with E-state index in [-0.39, 0.29) is 30.9 Å². The lowest BCUT2D eigenvalue weighted by Gasteiger charge is -2.07. The number of methoxy groups -OCH3 is 1. The minimum absolute atomic E-state index is 0.109. The zero-order chi connectivity index (χ0) is 19.8. The second-order valence-electron chi connectivity index (χ2n) is 5.40. The predicted octanol–water partition coefficient (Wildman–Crippen LogP) is -0.0870. The highest BCUT2D eigenvalue weighted by Crippen LogP contribution is 2.11. The Bertz CT molecular complexity index is 891. The molecule has 0 aliphatic heterocycles. The van der Waals surface area contributed by atoms with Gasteiger partial charge in [0.2, 0.25) is 0 Å². The number of benzene rings is 1. The summed E-state index contributed by atoms with van der Waals surface area (Å²) in [6.07, 6.45) is 0.732. The smallest absolute Gasteiger partial charge is 0.305 e. The SMILES string of the molecule is COc1ccc(CNC(=O)c2cnc(C(=O)NCCC(=O)O)[nH]c2=O)cc1. The lowest BCUT2D eigenvalue weighted by molar-refractivity contribution is -0.136. The predicted molar refractivity (Wildman–Crippen MR) is 93.6 cm³/mol. The summed E-state index contributed by atoms with van der Waals surface area (Å²) >= 11 is 0. The molecule has 0 fully saturated rings. The Morgan fingerprint density at radius 3 is 2.44 bits per heavy atom. The summed E-state index contributed by atoms with van der Waals surface area (Å²) in [6.45, 7) is 0.0850. The zero-order valence-electron chi connectivity index (χ0n) is 14.4. The average Bonchev–Trinajstić information content (AvgIpc) is 2.66. The van der Waals surface area contributed by atoms with Gasteiger partial charge < -0.3 is 25.5 Å².